The minimum Gasteiger partial charge on any atom is -0.342 e. The fraction of sp³-hybridized carbons (Fsp3) is 0.727. The molecule has 3 amide bonds. The highest BCUT2D eigenvalue weighted by Crippen LogP contribution is 2.12. The third kappa shape index (κ3) is 2.46. The summed E-state index contributed by atoms with van der Waals surface area (Å²) in [6.45, 7) is 0.829. The Balaban J connectivity index is 1.90. The first-order valence-electron chi connectivity index (χ1n) is 5.94. The summed E-state index contributed by atoms with van der Waals surface area (Å²) >= 11 is 0. The van der Waals surface area contributed by atoms with Gasteiger partial charge >= 0.3 is 0 Å². The smallest absolute Gasteiger partial charge is 0.252 e. The first kappa shape index (κ1) is 12.0. The van der Waals surface area contributed by atoms with E-state index in [1.54, 1.807) is 0 Å². The van der Waals surface area contributed by atoms with E-state index in [2.05, 4.69) is 10.6 Å². The summed E-state index contributed by atoms with van der Waals surface area (Å²) in [4.78, 5) is 35.8. The zero-order valence-electron chi connectivity index (χ0n) is 9.86. The highest BCUT2D eigenvalue weighted by molar-refractivity contribution is 6.06. The lowest BCUT2D eigenvalue weighted by molar-refractivity contribution is -0.138. The summed E-state index contributed by atoms with van der Waals surface area (Å²) in [6, 6.07) is -0.902. The highest BCUT2D eigenvalue weighted by Gasteiger charge is 2.37. The molecule has 0 radical (unpaired) electrons. The quantitative estimate of drug-likeness (QED) is 0.606. The van der Waals surface area contributed by atoms with Crippen LogP contribution in [0, 0.1) is 0 Å². The topological polar surface area (TPSA) is 78.5 Å². The van der Waals surface area contributed by atoms with Crippen molar-refractivity contribution >= 4 is 17.7 Å². The molecule has 0 aromatic heterocycles. The zero-order valence-corrected chi connectivity index (χ0v) is 9.86. The van der Waals surface area contributed by atoms with Gasteiger partial charge in [-0.1, -0.05) is 6.42 Å². The molecule has 2 aliphatic heterocycles. The predicted molar refractivity (Wildman–Crippen MR) is 60.0 cm³/mol. The van der Waals surface area contributed by atoms with Gasteiger partial charge in [-0.2, -0.15) is 0 Å². The van der Waals surface area contributed by atoms with Crippen molar-refractivity contribution < 1.29 is 14.4 Å². The molecule has 2 fully saturated rings. The Labute approximate surface area is 99.7 Å². The number of hydrogen-bond donors (Lipinski definition) is 2. The van der Waals surface area contributed by atoms with Crippen LogP contribution < -0.4 is 10.6 Å². The Bertz CT molecular complexity index is 350. The van der Waals surface area contributed by atoms with E-state index < -0.39 is 6.04 Å². The van der Waals surface area contributed by atoms with Gasteiger partial charge in [-0.25, -0.2) is 0 Å². The number of piperidine rings is 1. The summed E-state index contributed by atoms with van der Waals surface area (Å²) in [6.07, 6.45) is 2.96. The van der Waals surface area contributed by atoms with Crippen molar-refractivity contribution in [1.29, 1.82) is 0 Å². The molecule has 0 spiro atoms. The van der Waals surface area contributed by atoms with Gasteiger partial charge in [0.1, 0.15) is 6.04 Å². The van der Waals surface area contributed by atoms with E-state index in [1.165, 1.54) is 7.05 Å². The van der Waals surface area contributed by atoms with Crippen molar-refractivity contribution in [2.24, 2.45) is 0 Å². The molecule has 0 bridgehead atoms. The van der Waals surface area contributed by atoms with Gasteiger partial charge in [0.25, 0.3) is 5.91 Å². The van der Waals surface area contributed by atoms with Crippen LogP contribution in [0.3, 0.4) is 0 Å². The fourth-order valence-corrected chi connectivity index (χ4v) is 2.22. The number of hydrogen-bond acceptors (Lipinski definition) is 4. The average Bonchev–Trinajstić information content (AvgIpc) is 2.58. The molecular formula is C11H17N3O3. The molecule has 17 heavy (non-hydrogen) atoms. The monoisotopic (exact) mass is 239 g/mol. The van der Waals surface area contributed by atoms with Crippen LogP contribution in [0.4, 0.5) is 0 Å². The maximum absolute atomic E-state index is 11.9. The number of imide groups is 1. The molecule has 0 aliphatic carbocycles. The molecule has 1 unspecified atom stereocenters. The average molecular weight is 239 g/mol. The second-order valence-electron chi connectivity index (χ2n) is 4.56. The number of nitrogens with zero attached hydrogens (tertiary/aromatic N) is 1. The van der Waals surface area contributed by atoms with E-state index >= 15 is 0 Å². The number of carbonyl (C=O) groups excluding carboxylic acids is 3. The number of rotatable bonds is 2. The van der Waals surface area contributed by atoms with Gasteiger partial charge in [-0.15, -0.1) is 0 Å². The van der Waals surface area contributed by atoms with Crippen molar-refractivity contribution in [3.8, 4) is 0 Å². The van der Waals surface area contributed by atoms with Gasteiger partial charge in [0.05, 0.1) is 12.5 Å². The molecule has 2 rings (SSSR count). The molecular weight excluding hydrogens is 222 g/mol. The SMILES string of the molecule is CN1C(=O)CC(NC(=O)[C@@H]2CCCCN2)C1=O. The van der Waals surface area contributed by atoms with Gasteiger partial charge in [0.2, 0.25) is 11.8 Å². The lowest BCUT2D eigenvalue weighted by Gasteiger charge is -2.23. The number of carbonyl (C=O) groups is 3. The van der Waals surface area contributed by atoms with Crippen LogP contribution in [0.2, 0.25) is 0 Å². The Hall–Kier alpha value is -1.43. The van der Waals surface area contributed by atoms with Crippen molar-refractivity contribution in [3.05, 3.63) is 0 Å². The molecule has 0 saturated carbocycles. The molecule has 2 N–H and O–H groups in total. The number of nitrogens with one attached hydrogen (secondary N) is 2. The van der Waals surface area contributed by atoms with E-state index in [9.17, 15) is 14.4 Å². The van der Waals surface area contributed by atoms with Gasteiger partial charge in [0, 0.05) is 7.05 Å². The van der Waals surface area contributed by atoms with Gasteiger partial charge in [0.15, 0.2) is 0 Å². The van der Waals surface area contributed by atoms with Gasteiger partial charge < -0.3 is 10.6 Å². The van der Waals surface area contributed by atoms with Crippen molar-refractivity contribution in [3.63, 3.8) is 0 Å². The molecule has 6 heteroatoms. The molecule has 2 heterocycles. The van der Waals surface area contributed by atoms with E-state index in [4.69, 9.17) is 0 Å². The van der Waals surface area contributed by atoms with Crippen molar-refractivity contribution in [2.45, 2.75) is 37.8 Å². The first-order valence-corrected chi connectivity index (χ1v) is 5.94. The van der Waals surface area contributed by atoms with Crippen molar-refractivity contribution in [1.82, 2.24) is 15.5 Å². The van der Waals surface area contributed by atoms with Crippen LogP contribution in [0.15, 0.2) is 0 Å². The molecule has 2 saturated heterocycles. The zero-order chi connectivity index (χ0) is 12.4. The largest absolute Gasteiger partial charge is 0.342 e. The van der Waals surface area contributed by atoms with Crippen LogP contribution in [-0.4, -0.2) is 48.3 Å². The van der Waals surface area contributed by atoms with Crippen LogP contribution in [0.5, 0.6) is 0 Å². The Morgan fingerprint density at radius 1 is 1.41 bits per heavy atom. The van der Waals surface area contributed by atoms with E-state index in [-0.39, 0.29) is 30.2 Å². The molecule has 0 aromatic carbocycles. The molecule has 6 nitrogen and oxygen atoms in total. The summed E-state index contributed by atoms with van der Waals surface area (Å²) in [5, 5.41) is 5.75. The minimum absolute atomic E-state index is 0.0772. The first-order chi connectivity index (χ1) is 8.09. The highest BCUT2D eigenvalue weighted by atomic mass is 16.2. The number of likely N-dealkylation sites (N-methyl/N-ethyl adjacent to an activating group) is 1. The Morgan fingerprint density at radius 3 is 2.71 bits per heavy atom. The minimum atomic E-state index is -0.677. The maximum atomic E-state index is 11.9. The summed E-state index contributed by atoms with van der Waals surface area (Å²) in [5.74, 6) is -0.734. The summed E-state index contributed by atoms with van der Waals surface area (Å²) < 4.78 is 0. The summed E-state index contributed by atoms with van der Waals surface area (Å²) in [7, 11) is 1.44. The van der Waals surface area contributed by atoms with Crippen LogP contribution >= 0.6 is 0 Å². The fourth-order valence-electron chi connectivity index (χ4n) is 2.22. The second kappa shape index (κ2) is 4.83. The van der Waals surface area contributed by atoms with E-state index in [0.29, 0.717) is 0 Å². The van der Waals surface area contributed by atoms with Crippen LogP contribution in [-0.2, 0) is 14.4 Å². The number of amides is 3. The predicted octanol–water partition coefficient (Wildman–Crippen LogP) is -0.998. The number of likely N-dealkylation sites (tertiary alicyclic amines) is 1. The molecule has 2 atom stereocenters. The Morgan fingerprint density at radius 2 is 2.18 bits per heavy atom. The third-order valence-corrected chi connectivity index (χ3v) is 3.32. The molecule has 94 valence electrons. The Kier molecular flexibility index (Phi) is 3.42. The van der Waals surface area contributed by atoms with Gasteiger partial charge in [-0.3, -0.25) is 19.3 Å². The normalized spacial score (nSPS) is 29.6. The van der Waals surface area contributed by atoms with E-state index in [0.717, 1.165) is 30.7 Å². The van der Waals surface area contributed by atoms with Gasteiger partial charge in [-0.05, 0) is 19.4 Å². The van der Waals surface area contributed by atoms with E-state index in [1.807, 2.05) is 0 Å². The van der Waals surface area contributed by atoms with Crippen LogP contribution in [0.1, 0.15) is 25.7 Å². The standard InChI is InChI=1S/C11H17N3O3/c1-14-9(15)6-8(11(14)17)13-10(16)7-4-2-3-5-12-7/h7-8,12H,2-6H2,1H3,(H,13,16)/t7-,8?/m0/s1. The lowest BCUT2D eigenvalue weighted by Crippen LogP contribution is -2.51. The molecule has 0 aromatic rings. The lowest BCUT2D eigenvalue weighted by atomic mass is 10.0. The van der Waals surface area contributed by atoms with Crippen molar-refractivity contribution in [2.75, 3.05) is 13.6 Å². The summed E-state index contributed by atoms with van der Waals surface area (Å²) in [5.41, 5.74) is 0. The second-order valence-corrected chi connectivity index (χ2v) is 4.56. The van der Waals surface area contributed by atoms with Crippen LogP contribution in [0.25, 0.3) is 0 Å². The molecule has 2 aliphatic rings. The maximum Gasteiger partial charge on any atom is 0.252 e. The third-order valence-electron chi connectivity index (χ3n) is 3.32.